The van der Waals surface area contributed by atoms with Crippen molar-refractivity contribution < 1.29 is 21.6 Å². The van der Waals surface area contributed by atoms with Crippen LogP contribution in [0.3, 0.4) is 0 Å². The number of nitrogens with one attached hydrogen (secondary N) is 1. The van der Waals surface area contributed by atoms with Gasteiger partial charge in [-0.2, -0.15) is 5.10 Å². The molecule has 3 rings (SSSR count). The van der Waals surface area contributed by atoms with Gasteiger partial charge in [0.2, 0.25) is 0 Å². The summed E-state index contributed by atoms with van der Waals surface area (Å²) >= 11 is 0. The molecule has 0 unspecified atom stereocenters. The summed E-state index contributed by atoms with van der Waals surface area (Å²) in [6, 6.07) is 6.02. The van der Waals surface area contributed by atoms with E-state index in [-0.39, 0.29) is 28.3 Å². The maximum absolute atomic E-state index is 12.9. The largest absolute Gasteiger partial charge is 0.497 e. The number of sulfone groups is 1. The second-order valence-electron chi connectivity index (χ2n) is 6.41. The molecule has 0 amide bonds. The Labute approximate surface area is 153 Å². The number of aromatic nitrogens is 2. The zero-order valence-corrected chi connectivity index (χ0v) is 16.4. The summed E-state index contributed by atoms with van der Waals surface area (Å²) in [5, 5.41) is 4.29. The number of ether oxygens (including phenoxy) is 1. The fourth-order valence-corrected chi connectivity index (χ4v) is 6.02. The van der Waals surface area contributed by atoms with Gasteiger partial charge in [-0.1, -0.05) is 6.07 Å². The normalized spacial score (nSPS) is 19.4. The minimum absolute atomic E-state index is 0.0406. The number of anilines is 1. The van der Waals surface area contributed by atoms with Crippen molar-refractivity contribution >= 4 is 25.7 Å². The second kappa shape index (κ2) is 6.58. The zero-order valence-electron chi connectivity index (χ0n) is 14.8. The summed E-state index contributed by atoms with van der Waals surface area (Å²) in [7, 11) is -5.54. The standard InChI is InChI=1S/C16H21N3O5S2/c1-11-4-5-14(24-3)9-15(11)26(22,23)18-16-8-12(2)17-19(16)13-6-7-25(20,21)10-13/h4-5,8-9,13,18H,6-7,10H2,1-3H3/t13-/m1/s1. The van der Waals surface area contributed by atoms with Crippen molar-refractivity contribution in [3.05, 3.63) is 35.5 Å². The van der Waals surface area contributed by atoms with E-state index in [1.807, 2.05) is 0 Å². The van der Waals surface area contributed by atoms with Crippen molar-refractivity contribution in [2.24, 2.45) is 0 Å². The van der Waals surface area contributed by atoms with Crippen LogP contribution in [-0.2, 0) is 19.9 Å². The molecule has 10 heteroatoms. The molecule has 1 fully saturated rings. The van der Waals surface area contributed by atoms with Crippen LogP contribution in [0, 0.1) is 13.8 Å². The van der Waals surface area contributed by atoms with Crippen molar-refractivity contribution in [3.63, 3.8) is 0 Å². The fourth-order valence-electron chi connectivity index (χ4n) is 3.03. The minimum atomic E-state index is -3.88. The Bertz CT molecular complexity index is 1040. The maximum Gasteiger partial charge on any atom is 0.263 e. The Morgan fingerprint density at radius 1 is 1.27 bits per heavy atom. The highest BCUT2D eigenvalue weighted by Gasteiger charge is 2.32. The van der Waals surface area contributed by atoms with Crippen molar-refractivity contribution in [2.75, 3.05) is 23.3 Å². The first-order valence-corrected chi connectivity index (χ1v) is 11.4. The van der Waals surface area contributed by atoms with E-state index in [2.05, 4.69) is 9.82 Å². The van der Waals surface area contributed by atoms with E-state index in [4.69, 9.17) is 4.74 Å². The predicted molar refractivity (Wildman–Crippen MR) is 97.8 cm³/mol. The number of nitrogens with zero attached hydrogens (tertiary/aromatic N) is 2. The molecule has 0 radical (unpaired) electrons. The van der Waals surface area contributed by atoms with E-state index >= 15 is 0 Å². The lowest BCUT2D eigenvalue weighted by Gasteiger charge is -2.16. The van der Waals surface area contributed by atoms with Gasteiger partial charge in [0, 0.05) is 12.1 Å². The monoisotopic (exact) mass is 399 g/mol. The van der Waals surface area contributed by atoms with Gasteiger partial charge in [0.25, 0.3) is 10.0 Å². The highest BCUT2D eigenvalue weighted by atomic mass is 32.2. The van der Waals surface area contributed by atoms with Crippen LogP contribution < -0.4 is 9.46 Å². The molecular weight excluding hydrogens is 378 g/mol. The lowest BCUT2D eigenvalue weighted by molar-refractivity contribution is 0.413. The van der Waals surface area contributed by atoms with Crippen LogP contribution in [0.2, 0.25) is 0 Å². The Morgan fingerprint density at radius 2 is 2.00 bits per heavy atom. The molecule has 1 aliphatic heterocycles. The number of hydrogen-bond donors (Lipinski definition) is 1. The van der Waals surface area contributed by atoms with Crippen LogP contribution in [0.15, 0.2) is 29.2 Å². The number of aryl methyl sites for hydroxylation is 2. The molecule has 0 bridgehead atoms. The van der Waals surface area contributed by atoms with Gasteiger partial charge in [-0.25, -0.2) is 21.5 Å². The van der Waals surface area contributed by atoms with E-state index in [9.17, 15) is 16.8 Å². The van der Waals surface area contributed by atoms with Gasteiger partial charge in [-0.15, -0.1) is 0 Å². The molecule has 1 atom stereocenters. The van der Waals surface area contributed by atoms with Crippen LogP contribution in [0.4, 0.5) is 5.82 Å². The molecule has 1 saturated heterocycles. The number of benzene rings is 1. The van der Waals surface area contributed by atoms with Crippen LogP contribution >= 0.6 is 0 Å². The molecule has 142 valence electrons. The zero-order chi connectivity index (χ0) is 19.1. The van der Waals surface area contributed by atoms with Gasteiger partial charge in [-0.05, 0) is 31.9 Å². The van der Waals surface area contributed by atoms with E-state index in [0.717, 1.165) is 0 Å². The average Bonchev–Trinajstić information content (AvgIpc) is 3.09. The molecule has 0 aliphatic carbocycles. The lowest BCUT2D eigenvalue weighted by atomic mass is 10.2. The molecule has 8 nitrogen and oxygen atoms in total. The maximum atomic E-state index is 12.9. The first kappa shape index (κ1) is 18.7. The number of rotatable bonds is 5. The van der Waals surface area contributed by atoms with E-state index in [1.54, 1.807) is 32.0 Å². The molecule has 0 saturated carbocycles. The smallest absolute Gasteiger partial charge is 0.263 e. The first-order chi connectivity index (χ1) is 12.1. The molecule has 0 spiro atoms. The van der Waals surface area contributed by atoms with Gasteiger partial charge in [0.1, 0.15) is 11.6 Å². The fraction of sp³-hybridized carbons (Fsp3) is 0.438. The summed E-state index contributed by atoms with van der Waals surface area (Å²) in [4.78, 5) is 0.0984. The van der Waals surface area contributed by atoms with Gasteiger partial charge in [-0.3, -0.25) is 4.72 Å². The Kier molecular flexibility index (Phi) is 4.74. The van der Waals surface area contributed by atoms with Gasteiger partial charge in [0.05, 0.1) is 35.2 Å². The predicted octanol–water partition coefficient (Wildman–Crippen LogP) is 1.67. The summed E-state index contributed by atoms with van der Waals surface area (Å²) in [6.45, 7) is 3.43. The van der Waals surface area contributed by atoms with Gasteiger partial charge in [0.15, 0.2) is 9.84 Å². The molecule has 2 aromatic rings. The first-order valence-electron chi connectivity index (χ1n) is 8.05. The molecule has 1 aromatic heterocycles. The average molecular weight is 399 g/mol. The molecular formula is C16H21N3O5S2. The summed E-state index contributed by atoms with van der Waals surface area (Å²) in [5.41, 5.74) is 1.18. The Balaban J connectivity index is 1.97. The second-order valence-corrected chi connectivity index (χ2v) is 10.3. The quantitative estimate of drug-likeness (QED) is 0.819. The van der Waals surface area contributed by atoms with Crippen molar-refractivity contribution in [2.45, 2.75) is 31.2 Å². The highest BCUT2D eigenvalue weighted by molar-refractivity contribution is 7.92. The molecule has 1 aliphatic rings. The van der Waals surface area contributed by atoms with Crippen LogP contribution in [0.1, 0.15) is 23.7 Å². The lowest BCUT2D eigenvalue weighted by Crippen LogP contribution is -2.20. The highest BCUT2D eigenvalue weighted by Crippen LogP contribution is 2.29. The molecule has 1 aromatic carbocycles. The Hall–Kier alpha value is -2.07. The van der Waals surface area contributed by atoms with Crippen molar-refractivity contribution in [1.29, 1.82) is 0 Å². The number of sulfonamides is 1. The summed E-state index contributed by atoms with van der Waals surface area (Å²) < 4.78 is 58.4. The molecule has 26 heavy (non-hydrogen) atoms. The third kappa shape index (κ3) is 3.70. The minimum Gasteiger partial charge on any atom is -0.497 e. The van der Waals surface area contributed by atoms with Gasteiger partial charge < -0.3 is 4.74 Å². The van der Waals surface area contributed by atoms with Crippen molar-refractivity contribution in [3.8, 4) is 5.75 Å². The number of methoxy groups -OCH3 is 1. The van der Waals surface area contributed by atoms with E-state index < -0.39 is 19.9 Å². The SMILES string of the molecule is COc1ccc(C)c(S(=O)(=O)Nc2cc(C)nn2[C@@H]2CCS(=O)(=O)C2)c1. The van der Waals surface area contributed by atoms with E-state index in [1.165, 1.54) is 17.9 Å². The van der Waals surface area contributed by atoms with Gasteiger partial charge >= 0.3 is 0 Å². The summed E-state index contributed by atoms with van der Waals surface area (Å²) in [5.74, 6) is 0.730. The number of hydrogen-bond acceptors (Lipinski definition) is 6. The van der Waals surface area contributed by atoms with Crippen molar-refractivity contribution in [1.82, 2.24) is 9.78 Å². The Morgan fingerprint density at radius 3 is 2.62 bits per heavy atom. The topological polar surface area (TPSA) is 107 Å². The third-order valence-corrected chi connectivity index (χ3v) is 7.58. The van der Waals surface area contributed by atoms with Crippen LogP contribution in [-0.4, -0.2) is 45.2 Å². The third-order valence-electron chi connectivity index (χ3n) is 4.34. The molecule has 2 heterocycles. The van der Waals surface area contributed by atoms with Crippen LogP contribution in [0.25, 0.3) is 0 Å². The molecule has 1 N–H and O–H groups in total. The summed E-state index contributed by atoms with van der Waals surface area (Å²) in [6.07, 6.45) is 0.413. The van der Waals surface area contributed by atoms with E-state index in [0.29, 0.717) is 23.4 Å². The van der Waals surface area contributed by atoms with Crippen LogP contribution in [0.5, 0.6) is 5.75 Å².